The molecule has 0 radical (unpaired) electrons. The molecule has 126 valence electrons. The number of rotatable bonds is 6. The topological polar surface area (TPSA) is 41.1 Å². The number of hydrogen-bond acceptors (Lipinski definition) is 4. The lowest BCUT2D eigenvalue weighted by Gasteiger charge is -2.25. The summed E-state index contributed by atoms with van der Waals surface area (Å²) in [5, 5.41) is 3.39. The average molecular weight is 314 g/mol. The van der Waals surface area contributed by atoms with Gasteiger partial charge in [0.15, 0.2) is 0 Å². The first kappa shape index (κ1) is 17.7. The third-order valence-electron chi connectivity index (χ3n) is 4.34. The molecule has 0 bridgehead atoms. The van der Waals surface area contributed by atoms with Crippen LogP contribution in [0, 0.1) is 23.7 Å². The van der Waals surface area contributed by atoms with Crippen molar-refractivity contribution in [3.63, 3.8) is 0 Å². The van der Waals surface area contributed by atoms with Crippen LogP contribution in [-0.4, -0.2) is 42.1 Å². The summed E-state index contributed by atoms with van der Waals surface area (Å²) in [7, 11) is 4.13. The van der Waals surface area contributed by atoms with E-state index in [0.717, 1.165) is 37.8 Å². The number of aryl methyl sites for hydroxylation is 1. The summed E-state index contributed by atoms with van der Waals surface area (Å²) >= 11 is 0. The Kier molecular flexibility index (Phi) is 7.35. The predicted molar refractivity (Wildman–Crippen MR) is 96.3 cm³/mol. The molecule has 2 rings (SSSR count). The molecule has 1 aliphatic carbocycles. The number of hydrogen-bond donors (Lipinski definition) is 1. The van der Waals surface area contributed by atoms with E-state index in [1.54, 1.807) is 0 Å². The lowest BCUT2D eigenvalue weighted by molar-refractivity contribution is 0.328. The predicted octanol–water partition coefficient (Wildman–Crippen LogP) is 3.21. The van der Waals surface area contributed by atoms with Crippen LogP contribution in [0.2, 0.25) is 0 Å². The number of anilines is 1. The zero-order valence-electron chi connectivity index (χ0n) is 14.8. The van der Waals surface area contributed by atoms with Gasteiger partial charge in [-0.15, -0.1) is 0 Å². The lowest BCUT2D eigenvalue weighted by Crippen LogP contribution is -2.21. The smallest absolute Gasteiger partial charge is 0.222 e. The summed E-state index contributed by atoms with van der Waals surface area (Å²) in [6.07, 6.45) is 11.0. The van der Waals surface area contributed by atoms with Crippen molar-refractivity contribution in [3.05, 3.63) is 18.0 Å². The van der Waals surface area contributed by atoms with Crippen molar-refractivity contribution in [3.8, 4) is 11.8 Å². The zero-order valence-corrected chi connectivity index (χ0v) is 14.8. The molecule has 1 heterocycles. The first-order valence-corrected chi connectivity index (χ1v) is 8.85. The van der Waals surface area contributed by atoms with E-state index in [4.69, 9.17) is 0 Å². The Bertz CT molecular complexity index is 504. The average Bonchev–Trinajstić information content (AvgIpc) is 2.55. The molecular formula is C19H30N4. The largest absolute Gasteiger partial charge is 0.354 e. The Morgan fingerprint density at radius 3 is 2.48 bits per heavy atom. The van der Waals surface area contributed by atoms with Crippen molar-refractivity contribution < 1.29 is 0 Å². The van der Waals surface area contributed by atoms with Crippen LogP contribution in [0.3, 0.4) is 0 Å². The van der Waals surface area contributed by atoms with Crippen molar-refractivity contribution in [2.45, 2.75) is 45.4 Å². The van der Waals surface area contributed by atoms with E-state index in [2.05, 4.69) is 53.0 Å². The molecule has 0 aliphatic heterocycles. The van der Waals surface area contributed by atoms with E-state index in [1.165, 1.54) is 31.2 Å². The van der Waals surface area contributed by atoms with E-state index in [0.29, 0.717) is 5.92 Å². The monoisotopic (exact) mass is 314 g/mol. The fraction of sp³-hybridized carbons (Fsp3) is 0.684. The zero-order chi connectivity index (χ0) is 16.5. The van der Waals surface area contributed by atoms with Crippen molar-refractivity contribution in [2.24, 2.45) is 11.8 Å². The third-order valence-corrected chi connectivity index (χ3v) is 4.34. The van der Waals surface area contributed by atoms with Gasteiger partial charge in [0.05, 0.1) is 6.54 Å². The molecule has 1 N–H and O–H groups in total. The molecule has 23 heavy (non-hydrogen) atoms. The molecule has 0 unspecified atom stereocenters. The van der Waals surface area contributed by atoms with Crippen LogP contribution in [0.25, 0.3) is 0 Å². The summed E-state index contributed by atoms with van der Waals surface area (Å²) < 4.78 is 0. The normalized spacial score (nSPS) is 20.9. The number of nitrogens with zero attached hydrogens (tertiary/aromatic N) is 3. The minimum atomic E-state index is 0.593. The van der Waals surface area contributed by atoms with Gasteiger partial charge in [0, 0.05) is 24.9 Å². The van der Waals surface area contributed by atoms with Crippen LogP contribution >= 0.6 is 0 Å². The van der Waals surface area contributed by atoms with Crippen molar-refractivity contribution in [1.29, 1.82) is 0 Å². The molecule has 1 saturated carbocycles. The molecule has 1 aromatic rings. The Morgan fingerprint density at radius 1 is 1.17 bits per heavy atom. The summed E-state index contributed by atoms with van der Waals surface area (Å²) in [4.78, 5) is 10.9. The van der Waals surface area contributed by atoms with Gasteiger partial charge in [0.25, 0.3) is 0 Å². The van der Waals surface area contributed by atoms with E-state index in [9.17, 15) is 0 Å². The maximum absolute atomic E-state index is 4.40. The van der Waals surface area contributed by atoms with Gasteiger partial charge in [-0.3, -0.25) is 4.90 Å². The molecular weight excluding hydrogens is 284 g/mol. The van der Waals surface area contributed by atoms with Crippen molar-refractivity contribution in [2.75, 3.05) is 32.5 Å². The van der Waals surface area contributed by atoms with Crippen LogP contribution in [0.4, 0.5) is 5.95 Å². The quantitative estimate of drug-likeness (QED) is 0.819. The van der Waals surface area contributed by atoms with Crippen LogP contribution in [-0.2, 0) is 6.42 Å². The molecule has 0 aromatic carbocycles. The van der Waals surface area contributed by atoms with Crippen molar-refractivity contribution >= 4 is 5.95 Å². The first-order valence-electron chi connectivity index (χ1n) is 8.85. The molecule has 1 fully saturated rings. The Labute approximate surface area is 141 Å². The highest BCUT2D eigenvalue weighted by Crippen LogP contribution is 2.28. The molecule has 0 spiro atoms. The van der Waals surface area contributed by atoms with Crippen LogP contribution in [0.15, 0.2) is 12.4 Å². The number of aromatic nitrogens is 2. The summed E-state index contributed by atoms with van der Waals surface area (Å²) in [5.41, 5.74) is 1.22. The summed E-state index contributed by atoms with van der Waals surface area (Å²) in [5.74, 6) is 8.79. The van der Waals surface area contributed by atoms with E-state index in [-0.39, 0.29) is 0 Å². The van der Waals surface area contributed by atoms with Crippen LogP contribution in [0.5, 0.6) is 0 Å². The minimum Gasteiger partial charge on any atom is -0.354 e. The van der Waals surface area contributed by atoms with E-state index < -0.39 is 0 Å². The Hall–Kier alpha value is -1.60. The highest BCUT2D eigenvalue weighted by Gasteiger charge is 2.19. The molecule has 0 amide bonds. The highest BCUT2D eigenvalue weighted by atomic mass is 15.1. The standard InChI is InChI=1S/C19H30N4/c1-4-6-18-14-21-19(22-15-18)20-13-17-10-8-16(9-11-17)7-5-12-23(2)3/h14-17H,4,6,8-13H2,1-3H3,(H,20,21,22). The van der Waals surface area contributed by atoms with Crippen LogP contribution in [0.1, 0.15) is 44.6 Å². The molecule has 1 aromatic heterocycles. The van der Waals surface area contributed by atoms with Crippen LogP contribution < -0.4 is 5.32 Å². The van der Waals surface area contributed by atoms with Gasteiger partial charge in [-0.05, 0) is 57.7 Å². The lowest BCUT2D eigenvalue weighted by atomic mass is 9.82. The number of nitrogens with one attached hydrogen (secondary N) is 1. The second-order valence-electron chi connectivity index (χ2n) is 6.82. The van der Waals surface area contributed by atoms with Gasteiger partial charge in [-0.25, -0.2) is 9.97 Å². The van der Waals surface area contributed by atoms with Crippen molar-refractivity contribution in [1.82, 2.24) is 14.9 Å². The van der Waals surface area contributed by atoms with Gasteiger partial charge >= 0.3 is 0 Å². The van der Waals surface area contributed by atoms with Gasteiger partial charge in [0.1, 0.15) is 0 Å². The highest BCUT2D eigenvalue weighted by molar-refractivity contribution is 5.24. The molecule has 4 nitrogen and oxygen atoms in total. The third kappa shape index (κ3) is 6.58. The maximum atomic E-state index is 4.40. The van der Waals surface area contributed by atoms with E-state index >= 15 is 0 Å². The molecule has 1 aliphatic rings. The van der Waals surface area contributed by atoms with Gasteiger partial charge in [-0.1, -0.05) is 25.2 Å². The summed E-state index contributed by atoms with van der Waals surface area (Å²) in [6.45, 7) is 4.02. The molecule has 4 heteroatoms. The summed E-state index contributed by atoms with van der Waals surface area (Å²) in [6, 6.07) is 0. The Morgan fingerprint density at radius 2 is 1.87 bits per heavy atom. The van der Waals surface area contributed by atoms with Gasteiger partial charge in [-0.2, -0.15) is 0 Å². The maximum Gasteiger partial charge on any atom is 0.222 e. The SMILES string of the molecule is CCCc1cnc(NCC2CCC(C#CCN(C)C)CC2)nc1. The molecule has 0 saturated heterocycles. The van der Waals surface area contributed by atoms with Gasteiger partial charge in [0.2, 0.25) is 5.95 Å². The first-order chi connectivity index (χ1) is 11.2. The van der Waals surface area contributed by atoms with E-state index in [1.807, 2.05) is 12.4 Å². The Balaban J connectivity index is 1.68. The second-order valence-corrected chi connectivity index (χ2v) is 6.82. The molecule has 0 atom stereocenters. The van der Waals surface area contributed by atoms with Gasteiger partial charge < -0.3 is 5.32 Å². The fourth-order valence-electron chi connectivity index (χ4n) is 2.96. The minimum absolute atomic E-state index is 0.593. The fourth-order valence-corrected chi connectivity index (χ4v) is 2.96. The second kappa shape index (κ2) is 9.52.